The van der Waals surface area contributed by atoms with Crippen LogP contribution in [0.2, 0.25) is 0 Å². The third-order valence-electron chi connectivity index (χ3n) is 2.97. The zero-order valence-corrected chi connectivity index (χ0v) is 10.0. The molecule has 0 spiro atoms. The van der Waals surface area contributed by atoms with Gasteiger partial charge < -0.3 is 10.6 Å². The molecule has 0 saturated carbocycles. The van der Waals surface area contributed by atoms with Crippen LogP contribution in [0.4, 0.5) is 5.69 Å². The highest BCUT2D eigenvalue weighted by atomic mass is 32.1. The smallest absolute Gasteiger partial charge is 0.249 e. The number of piperidine rings is 1. The van der Waals surface area contributed by atoms with E-state index < -0.39 is 5.91 Å². The molecule has 1 heterocycles. The van der Waals surface area contributed by atoms with Crippen LogP contribution in [0.5, 0.6) is 0 Å². The minimum Gasteiger partial charge on any atom is -0.372 e. The van der Waals surface area contributed by atoms with Crippen LogP contribution in [0.1, 0.15) is 29.6 Å². The number of anilines is 1. The standard InChI is InChI=1S/C12H16N2OS/c13-12(15)10-8-9(4-5-11(10)16)14-6-2-1-3-7-14/h4-5,8,16H,1-3,6-7H2,(H2,13,15). The summed E-state index contributed by atoms with van der Waals surface area (Å²) in [5.74, 6) is -0.413. The lowest BCUT2D eigenvalue weighted by Crippen LogP contribution is -2.29. The number of hydrogen-bond donors (Lipinski definition) is 2. The number of carbonyl (C=O) groups excluding carboxylic acids is 1. The molecule has 1 aromatic carbocycles. The Kier molecular flexibility index (Phi) is 3.39. The van der Waals surface area contributed by atoms with Crippen LogP contribution in [-0.4, -0.2) is 19.0 Å². The van der Waals surface area contributed by atoms with Crippen LogP contribution in [0, 0.1) is 0 Å². The molecule has 1 saturated heterocycles. The molecule has 1 aliphatic heterocycles. The van der Waals surface area contributed by atoms with E-state index in [1.807, 2.05) is 18.2 Å². The summed E-state index contributed by atoms with van der Waals surface area (Å²) in [5.41, 5.74) is 6.89. The van der Waals surface area contributed by atoms with Gasteiger partial charge in [-0.1, -0.05) is 0 Å². The number of rotatable bonds is 2. The van der Waals surface area contributed by atoms with E-state index in [0.717, 1.165) is 18.8 Å². The van der Waals surface area contributed by atoms with Crippen molar-refractivity contribution in [2.75, 3.05) is 18.0 Å². The maximum Gasteiger partial charge on any atom is 0.249 e. The summed E-state index contributed by atoms with van der Waals surface area (Å²) in [4.78, 5) is 14.2. The normalized spacial score (nSPS) is 16.2. The summed E-state index contributed by atoms with van der Waals surface area (Å²) in [7, 11) is 0. The number of nitrogens with zero attached hydrogens (tertiary/aromatic N) is 1. The molecule has 16 heavy (non-hydrogen) atoms. The highest BCUT2D eigenvalue weighted by Gasteiger charge is 2.13. The molecule has 2 N–H and O–H groups in total. The zero-order valence-electron chi connectivity index (χ0n) is 9.15. The summed E-state index contributed by atoms with van der Waals surface area (Å²) in [6.07, 6.45) is 3.73. The molecular weight excluding hydrogens is 220 g/mol. The molecule has 1 aliphatic rings. The lowest BCUT2D eigenvalue weighted by molar-refractivity contribution is 0.0997. The van der Waals surface area contributed by atoms with Crippen molar-refractivity contribution >= 4 is 24.2 Å². The number of primary amides is 1. The van der Waals surface area contributed by atoms with Gasteiger partial charge in [-0.2, -0.15) is 0 Å². The summed E-state index contributed by atoms with van der Waals surface area (Å²) in [6.45, 7) is 2.12. The van der Waals surface area contributed by atoms with E-state index in [2.05, 4.69) is 17.5 Å². The number of thiol groups is 1. The number of amides is 1. The predicted octanol–water partition coefficient (Wildman–Crippen LogP) is 2.06. The molecule has 1 aromatic rings. The lowest BCUT2D eigenvalue weighted by atomic mass is 10.1. The number of nitrogens with two attached hydrogens (primary N) is 1. The average molecular weight is 236 g/mol. The van der Waals surface area contributed by atoms with Crippen LogP contribution >= 0.6 is 12.6 Å². The van der Waals surface area contributed by atoms with E-state index in [1.54, 1.807) is 0 Å². The first kappa shape index (κ1) is 11.3. The van der Waals surface area contributed by atoms with Gasteiger partial charge in [0.1, 0.15) is 0 Å². The van der Waals surface area contributed by atoms with E-state index in [1.165, 1.54) is 19.3 Å². The molecule has 0 unspecified atom stereocenters. The van der Waals surface area contributed by atoms with Crippen molar-refractivity contribution < 1.29 is 4.79 Å². The molecule has 0 aromatic heterocycles. The van der Waals surface area contributed by atoms with E-state index >= 15 is 0 Å². The fraction of sp³-hybridized carbons (Fsp3) is 0.417. The van der Waals surface area contributed by atoms with E-state index in [9.17, 15) is 4.79 Å². The first-order valence-electron chi connectivity index (χ1n) is 5.56. The van der Waals surface area contributed by atoms with Gasteiger partial charge >= 0.3 is 0 Å². The second-order valence-electron chi connectivity index (χ2n) is 4.11. The van der Waals surface area contributed by atoms with Crippen molar-refractivity contribution in [3.63, 3.8) is 0 Å². The minimum absolute atomic E-state index is 0.413. The summed E-state index contributed by atoms with van der Waals surface area (Å²) < 4.78 is 0. The van der Waals surface area contributed by atoms with Gasteiger partial charge in [-0.3, -0.25) is 4.79 Å². The SMILES string of the molecule is NC(=O)c1cc(N2CCCCC2)ccc1S. The van der Waals surface area contributed by atoms with Gasteiger partial charge in [0.15, 0.2) is 0 Å². The topological polar surface area (TPSA) is 46.3 Å². The quantitative estimate of drug-likeness (QED) is 0.772. The van der Waals surface area contributed by atoms with Gasteiger partial charge in [0.2, 0.25) is 5.91 Å². The van der Waals surface area contributed by atoms with Crippen molar-refractivity contribution in [3.05, 3.63) is 23.8 Å². The Morgan fingerprint density at radius 3 is 2.56 bits per heavy atom. The Morgan fingerprint density at radius 1 is 1.25 bits per heavy atom. The summed E-state index contributed by atoms with van der Waals surface area (Å²) in [5, 5.41) is 0. The summed E-state index contributed by atoms with van der Waals surface area (Å²) >= 11 is 4.23. The van der Waals surface area contributed by atoms with Gasteiger partial charge in [-0.05, 0) is 37.5 Å². The van der Waals surface area contributed by atoms with Crippen LogP contribution < -0.4 is 10.6 Å². The van der Waals surface area contributed by atoms with Gasteiger partial charge in [0.25, 0.3) is 0 Å². The van der Waals surface area contributed by atoms with Crippen molar-refractivity contribution in [2.45, 2.75) is 24.2 Å². The van der Waals surface area contributed by atoms with Crippen LogP contribution in [0.3, 0.4) is 0 Å². The average Bonchev–Trinajstić information content (AvgIpc) is 2.30. The largest absolute Gasteiger partial charge is 0.372 e. The Morgan fingerprint density at radius 2 is 1.94 bits per heavy atom. The Balaban J connectivity index is 2.27. The number of carbonyl (C=O) groups is 1. The third kappa shape index (κ3) is 2.32. The lowest BCUT2D eigenvalue weighted by Gasteiger charge is -2.29. The molecule has 4 heteroatoms. The molecule has 0 aliphatic carbocycles. The molecular formula is C12H16N2OS. The predicted molar refractivity (Wildman–Crippen MR) is 68.3 cm³/mol. The van der Waals surface area contributed by atoms with E-state index in [4.69, 9.17) is 5.73 Å². The molecule has 3 nitrogen and oxygen atoms in total. The molecule has 2 rings (SSSR count). The molecule has 1 amide bonds. The second-order valence-corrected chi connectivity index (χ2v) is 4.60. The summed E-state index contributed by atoms with van der Waals surface area (Å²) in [6, 6.07) is 5.68. The molecule has 0 radical (unpaired) electrons. The highest BCUT2D eigenvalue weighted by molar-refractivity contribution is 7.80. The first-order chi connectivity index (χ1) is 7.68. The Bertz CT molecular complexity index is 400. The first-order valence-corrected chi connectivity index (χ1v) is 6.01. The Labute approximate surface area is 101 Å². The van der Waals surface area contributed by atoms with Crippen LogP contribution in [0.25, 0.3) is 0 Å². The van der Waals surface area contributed by atoms with Gasteiger partial charge in [0, 0.05) is 23.7 Å². The second kappa shape index (κ2) is 4.78. The number of hydrogen-bond acceptors (Lipinski definition) is 3. The maximum absolute atomic E-state index is 11.2. The van der Waals surface area contributed by atoms with Gasteiger partial charge in [-0.15, -0.1) is 12.6 Å². The van der Waals surface area contributed by atoms with Gasteiger partial charge in [0.05, 0.1) is 5.56 Å². The fourth-order valence-electron chi connectivity index (χ4n) is 2.07. The number of benzene rings is 1. The third-order valence-corrected chi connectivity index (χ3v) is 3.36. The van der Waals surface area contributed by atoms with Crippen molar-refractivity contribution in [1.82, 2.24) is 0 Å². The van der Waals surface area contributed by atoms with Crippen LogP contribution in [0.15, 0.2) is 23.1 Å². The van der Waals surface area contributed by atoms with Crippen molar-refractivity contribution in [1.29, 1.82) is 0 Å². The van der Waals surface area contributed by atoms with E-state index in [0.29, 0.717) is 10.5 Å². The Hall–Kier alpha value is -1.16. The highest BCUT2D eigenvalue weighted by Crippen LogP contribution is 2.24. The molecule has 0 atom stereocenters. The monoisotopic (exact) mass is 236 g/mol. The molecule has 1 fully saturated rings. The maximum atomic E-state index is 11.2. The minimum atomic E-state index is -0.413. The van der Waals surface area contributed by atoms with E-state index in [-0.39, 0.29) is 0 Å². The fourth-order valence-corrected chi connectivity index (χ4v) is 2.32. The van der Waals surface area contributed by atoms with Gasteiger partial charge in [-0.25, -0.2) is 0 Å². The zero-order chi connectivity index (χ0) is 11.5. The molecule has 0 bridgehead atoms. The van der Waals surface area contributed by atoms with Crippen molar-refractivity contribution in [2.24, 2.45) is 5.73 Å². The molecule has 86 valence electrons. The van der Waals surface area contributed by atoms with Crippen LogP contribution in [-0.2, 0) is 0 Å². The van der Waals surface area contributed by atoms with Crippen molar-refractivity contribution in [3.8, 4) is 0 Å².